The zero-order chi connectivity index (χ0) is 12.8. The Bertz CT molecular complexity index is 279. The monoisotopic (exact) mass is 243 g/mol. The number of nitrogens with one attached hydrogen (secondary N) is 1. The van der Waals surface area contributed by atoms with Gasteiger partial charge >= 0.3 is 5.97 Å². The molecular weight excluding hydrogens is 222 g/mol. The Hall–Kier alpha value is -1.14. The number of carbonyl (C=O) groups is 2. The summed E-state index contributed by atoms with van der Waals surface area (Å²) in [6, 6.07) is -0.563. The van der Waals surface area contributed by atoms with Crippen molar-refractivity contribution in [1.29, 1.82) is 0 Å². The van der Waals surface area contributed by atoms with E-state index < -0.39 is 17.9 Å². The van der Waals surface area contributed by atoms with E-state index in [0.717, 1.165) is 6.54 Å². The van der Waals surface area contributed by atoms with Gasteiger partial charge in [-0.25, -0.2) is 4.79 Å². The third kappa shape index (κ3) is 4.70. The van der Waals surface area contributed by atoms with Crippen molar-refractivity contribution in [2.45, 2.75) is 31.8 Å². The number of ether oxygens (including phenoxy) is 1. The zero-order valence-corrected chi connectivity index (χ0v) is 10.4. The summed E-state index contributed by atoms with van der Waals surface area (Å²) >= 11 is 0. The molecule has 0 bridgehead atoms. The Balaban J connectivity index is 2.16. The summed E-state index contributed by atoms with van der Waals surface area (Å²) in [5, 5.41) is 2.63. The number of carbonyl (C=O) groups excluding carboxylic acids is 2. The lowest BCUT2D eigenvalue weighted by atomic mass is 10.3. The van der Waals surface area contributed by atoms with Crippen LogP contribution in [0.5, 0.6) is 0 Å². The molecule has 0 aromatic rings. The molecule has 0 aromatic heterocycles. The molecule has 3 N–H and O–H groups in total. The van der Waals surface area contributed by atoms with Gasteiger partial charge in [0.2, 0.25) is 5.91 Å². The number of hydrogen-bond donors (Lipinski definition) is 2. The second-order valence-corrected chi connectivity index (χ2v) is 4.23. The Kier molecular flexibility index (Phi) is 5.37. The van der Waals surface area contributed by atoms with Crippen molar-refractivity contribution < 1.29 is 14.3 Å². The quantitative estimate of drug-likeness (QED) is 0.446. The van der Waals surface area contributed by atoms with Crippen LogP contribution in [0.1, 0.15) is 19.8 Å². The average molecular weight is 243 g/mol. The molecule has 1 rings (SSSR count). The van der Waals surface area contributed by atoms with Crippen molar-refractivity contribution in [3.8, 4) is 0 Å². The molecule has 0 spiro atoms. The van der Waals surface area contributed by atoms with E-state index in [1.165, 1.54) is 12.8 Å². The maximum atomic E-state index is 11.5. The Morgan fingerprint density at radius 1 is 1.53 bits per heavy atom. The van der Waals surface area contributed by atoms with E-state index >= 15 is 0 Å². The van der Waals surface area contributed by atoms with Crippen molar-refractivity contribution in [2.75, 3.05) is 26.7 Å². The van der Waals surface area contributed by atoms with Crippen molar-refractivity contribution in [3.05, 3.63) is 0 Å². The van der Waals surface area contributed by atoms with Crippen LogP contribution in [-0.4, -0.2) is 55.6 Å². The normalized spacial score (nSPS) is 16.7. The van der Waals surface area contributed by atoms with Gasteiger partial charge in [0.05, 0.1) is 6.61 Å². The maximum absolute atomic E-state index is 11.5. The first-order valence-electron chi connectivity index (χ1n) is 5.96. The fourth-order valence-corrected chi connectivity index (χ4v) is 1.50. The van der Waals surface area contributed by atoms with E-state index in [1.807, 2.05) is 7.05 Å². The summed E-state index contributed by atoms with van der Waals surface area (Å²) in [4.78, 5) is 24.8. The molecule has 1 aliphatic rings. The molecule has 0 saturated heterocycles. The van der Waals surface area contributed by atoms with Crippen molar-refractivity contribution >= 4 is 11.9 Å². The van der Waals surface area contributed by atoms with Crippen LogP contribution in [0.25, 0.3) is 0 Å². The minimum absolute atomic E-state index is 0.226. The smallest absolute Gasteiger partial charge is 0.332 e. The summed E-state index contributed by atoms with van der Waals surface area (Å²) < 4.78 is 4.67. The predicted molar refractivity (Wildman–Crippen MR) is 63.3 cm³/mol. The Morgan fingerprint density at radius 3 is 2.71 bits per heavy atom. The number of esters is 1. The second kappa shape index (κ2) is 6.56. The lowest BCUT2D eigenvalue weighted by Crippen LogP contribution is -2.48. The van der Waals surface area contributed by atoms with Crippen molar-refractivity contribution in [2.24, 2.45) is 5.73 Å². The standard InChI is InChI=1S/C11H21N3O3/c1-3-17-11(16)9(12)10(15)13-6-7-14(2)8-4-5-8/h8-9H,3-7,12H2,1-2H3,(H,13,15). The molecule has 6 heteroatoms. The van der Waals surface area contributed by atoms with Crippen LogP contribution in [0.15, 0.2) is 0 Å². The summed E-state index contributed by atoms with van der Waals surface area (Å²) in [5.41, 5.74) is 5.44. The number of rotatable bonds is 7. The van der Waals surface area contributed by atoms with Gasteiger partial charge in [0.1, 0.15) is 0 Å². The minimum Gasteiger partial charge on any atom is -0.464 e. The molecule has 0 heterocycles. The molecule has 1 saturated carbocycles. The molecule has 0 aliphatic heterocycles. The maximum Gasteiger partial charge on any atom is 0.332 e. The molecule has 1 fully saturated rings. The summed E-state index contributed by atoms with van der Waals surface area (Å²) in [6.07, 6.45) is 2.46. The fraction of sp³-hybridized carbons (Fsp3) is 0.818. The highest BCUT2D eigenvalue weighted by atomic mass is 16.5. The first-order valence-corrected chi connectivity index (χ1v) is 5.96. The molecule has 0 aromatic carbocycles. The highest BCUT2D eigenvalue weighted by molar-refractivity contribution is 6.01. The summed E-state index contributed by atoms with van der Waals surface area (Å²) in [6.45, 7) is 3.17. The molecule has 6 nitrogen and oxygen atoms in total. The summed E-state index contributed by atoms with van der Waals surface area (Å²) in [5.74, 6) is -1.16. The predicted octanol–water partition coefficient (Wildman–Crippen LogP) is -0.913. The fourth-order valence-electron chi connectivity index (χ4n) is 1.50. The summed E-state index contributed by atoms with van der Waals surface area (Å²) in [7, 11) is 2.02. The van der Waals surface area contributed by atoms with Crippen molar-refractivity contribution in [1.82, 2.24) is 10.2 Å². The van der Waals surface area contributed by atoms with Gasteiger partial charge in [0.15, 0.2) is 6.04 Å². The molecule has 0 radical (unpaired) electrons. The Morgan fingerprint density at radius 2 is 2.18 bits per heavy atom. The molecule has 17 heavy (non-hydrogen) atoms. The van der Waals surface area contributed by atoms with Crippen LogP contribution in [0.3, 0.4) is 0 Å². The van der Waals surface area contributed by atoms with Crippen LogP contribution in [0.2, 0.25) is 0 Å². The molecule has 1 atom stereocenters. The largest absolute Gasteiger partial charge is 0.464 e. The molecular formula is C11H21N3O3. The van der Waals surface area contributed by atoms with Gasteiger partial charge < -0.3 is 20.7 Å². The van der Waals surface area contributed by atoms with E-state index in [0.29, 0.717) is 12.6 Å². The molecule has 1 unspecified atom stereocenters. The van der Waals surface area contributed by atoms with Crippen LogP contribution >= 0.6 is 0 Å². The van der Waals surface area contributed by atoms with E-state index in [9.17, 15) is 9.59 Å². The molecule has 1 amide bonds. The zero-order valence-electron chi connectivity index (χ0n) is 10.4. The second-order valence-electron chi connectivity index (χ2n) is 4.23. The minimum atomic E-state index is -1.22. The average Bonchev–Trinajstić information content (AvgIpc) is 3.11. The van der Waals surface area contributed by atoms with Gasteiger partial charge in [-0.1, -0.05) is 0 Å². The topological polar surface area (TPSA) is 84.7 Å². The van der Waals surface area contributed by atoms with Crippen LogP contribution < -0.4 is 11.1 Å². The van der Waals surface area contributed by atoms with E-state index in [1.54, 1.807) is 6.92 Å². The van der Waals surface area contributed by atoms with E-state index in [2.05, 4.69) is 15.0 Å². The lowest BCUT2D eigenvalue weighted by molar-refractivity contribution is -0.147. The van der Waals surface area contributed by atoms with Crippen LogP contribution in [0.4, 0.5) is 0 Å². The number of nitrogens with two attached hydrogens (primary N) is 1. The number of nitrogens with zero attached hydrogens (tertiary/aromatic N) is 1. The number of likely N-dealkylation sites (N-methyl/N-ethyl adjacent to an activating group) is 1. The van der Waals surface area contributed by atoms with Crippen molar-refractivity contribution in [3.63, 3.8) is 0 Å². The van der Waals surface area contributed by atoms with E-state index in [-0.39, 0.29) is 6.61 Å². The first kappa shape index (κ1) is 13.9. The number of hydrogen-bond acceptors (Lipinski definition) is 5. The number of amides is 1. The van der Waals surface area contributed by atoms with Crippen LogP contribution in [-0.2, 0) is 14.3 Å². The lowest BCUT2D eigenvalue weighted by Gasteiger charge is -2.16. The van der Waals surface area contributed by atoms with Gasteiger partial charge in [-0.05, 0) is 26.8 Å². The highest BCUT2D eigenvalue weighted by Gasteiger charge is 2.26. The SMILES string of the molecule is CCOC(=O)C(N)C(=O)NCCN(C)C1CC1. The van der Waals surface area contributed by atoms with E-state index in [4.69, 9.17) is 5.73 Å². The first-order chi connectivity index (χ1) is 8.06. The van der Waals surface area contributed by atoms with Gasteiger partial charge in [0.25, 0.3) is 0 Å². The van der Waals surface area contributed by atoms with Gasteiger partial charge in [-0.15, -0.1) is 0 Å². The van der Waals surface area contributed by atoms with Gasteiger partial charge in [-0.2, -0.15) is 0 Å². The third-order valence-electron chi connectivity index (χ3n) is 2.76. The molecule has 1 aliphatic carbocycles. The van der Waals surface area contributed by atoms with Gasteiger partial charge in [0, 0.05) is 19.1 Å². The van der Waals surface area contributed by atoms with Gasteiger partial charge in [-0.3, -0.25) is 4.79 Å². The molecule has 98 valence electrons. The highest BCUT2D eigenvalue weighted by Crippen LogP contribution is 2.24. The third-order valence-corrected chi connectivity index (χ3v) is 2.76. The van der Waals surface area contributed by atoms with Crippen LogP contribution in [0, 0.1) is 0 Å². The Labute approximate surface area is 101 Å².